The fourth-order valence-electron chi connectivity index (χ4n) is 1.95. The molecule has 0 fully saturated rings. The Balaban J connectivity index is 2.14. The monoisotopic (exact) mass is 332 g/mol. The number of hydrogen-bond acceptors (Lipinski definition) is 4. The topological polar surface area (TPSA) is 59.9 Å². The Morgan fingerprint density at radius 1 is 1.04 bits per heavy atom. The highest BCUT2D eigenvalue weighted by atomic mass is 35.5. The first kappa shape index (κ1) is 16.8. The third-order valence-electron chi connectivity index (χ3n) is 3.21. The molecule has 6 heteroatoms. The van der Waals surface area contributed by atoms with E-state index in [1.165, 1.54) is 14.2 Å². The van der Waals surface area contributed by atoms with Crippen LogP contribution < -0.4 is 14.9 Å². The Bertz CT molecular complexity index is 744. The number of carbonyl (C=O) groups is 1. The van der Waals surface area contributed by atoms with Crippen LogP contribution in [-0.2, 0) is 0 Å². The number of nitrogens with one attached hydrogen (secondary N) is 1. The lowest BCUT2D eigenvalue weighted by Gasteiger charge is -2.09. The molecule has 1 amide bonds. The zero-order valence-electron chi connectivity index (χ0n) is 13.1. The Kier molecular flexibility index (Phi) is 5.60. The second kappa shape index (κ2) is 7.65. The van der Waals surface area contributed by atoms with Crippen molar-refractivity contribution in [2.24, 2.45) is 5.10 Å². The molecule has 0 saturated heterocycles. The summed E-state index contributed by atoms with van der Waals surface area (Å²) in [4.78, 5) is 12.2. The van der Waals surface area contributed by atoms with Gasteiger partial charge in [0, 0.05) is 10.6 Å². The van der Waals surface area contributed by atoms with Crippen molar-refractivity contribution in [1.82, 2.24) is 5.43 Å². The molecule has 2 aromatic rings. The molecule has 0 aliphatic carbocycles. The number of halogens is 1. The van der Waals surface area contributed by atoms with Crippen LogP contribution in [0.1, 0.15) is 22.8 Å². The van der Waals surface area contributed by atoms with E-state index >= 15 is 0 Å². The Labute approximate surface area is 139 Å². The summed E-state index contributed by atoms with van der Waals surface area (Å²) >= 11 is 5.94. The summed E-state index contributed by atoms with van der Waals surface area (Å²) in [6, 6.07) is 12.2. The lowest BCUT2D eigenvalue weighted by atomic mass is 10.1. The third kappa shape index (κ3) is 4.23. The maximum absolute atomic E-state index is 12.2. The van der Waals surface area contributed by atoms with Gasteiger partial charge in [0.15, 0.2) is 11.5 Å². The fourth-order valence-corrected chi connectivity index (χ4v) is 2.15. The van der Waals surface area contributed by atoms with E-state index in [4.69, 9.17) is 21.1 Å². The van der Waals surface area contributed by atoms with Crippen LogP contribution in [0.2, 0.25) is 5.02 Å². The molecule has 0 unspecified atom stereocenters. The number of amides is 1. The van der Waals surface area contributed by atoms with Gasteiger partial charge in [0.25, 0.3) is 5.91 Å². The summed E-state index contributed by atoms with van der Waals surface area (Å²) in [5, 5.41) is 4.71. The molecular formula is C17H17ClN2O3. The molecule has 0 aliphatic rings. The molecule has 0 radical (unpaired) electrons. The van der Waals surface area contributed by atoms with E-state index in [1.54, 1.807) is 37.3 Å². The maximum atomic E-state index is 12.2. The number of ether oxygens (including phenoxy) is 2. The fraction of sp³-hybridized carbons (Fsp3) is 0.176. The Morgan fingerprint density at radius 3 is 2.43 bits per heavy atom. The molecule has 0 saturated carbocycles. The first-order valence-corrected chi connectivity index (χ1v) is 7.25. The molecule has 120 valence electrons. The molecule has 0 aromatic heterocycles. The molecule has 0 aliphatic heterocycles. The van der Waals surface area contributed by atoms with E-state index in [9.17, 15) is 4.79 Å². The van der Waals surface area contributed by atoms with Crippen LogP contribution in [0.3, 0.4) is 0 Å². The number of rotatable bonds is 5. The molecule has 0 heterocycles. The predicted octanol–water partition coefficient (Wildman–Crippen LogP) is 3.51. The maximum Gasteiger partial charge on any atom is 0.271 e. The second-order valence-electron chi connectivity index (χ2n) is 4.72. The zero-order chi connectivity index (χ0) is 16.8. The predicted molar refractivity (Wildman–Crippen MR) is 90.7 cm³/mol. The van der Waals surface area contributed by atoms with Crippen molar-refractivity contribution in [3.05, 3.63) is 58.6 Å². The van der Waals surface area contributed by atoms with Crippen LogP contribution in [0.25, 0.3) is 0 Å². The minimum Gasteiger partial charge on any atom is -0.493 e. The first-order chi connectivity index (χ1) is 11.0. The molecular weight excluding hydrogens is 316 g/mol. The average molecular weight is 333 g/mol. The van der Waals surface area contributed by atoms with Crippen molar-refractivity contribution in [2.45, 2.75) is 6.92 Å². The number of hydrazone groups is 1. The van der Waals surface area contributed by atoms with Gasteiger partial charge in [0.2, 0.25) is 0 Å². The lowest BCUT2D eigenvalue weighted by molar-refractivity contribution is 0.0954. The van der Waals surface area contributed by atoms with Gasteiger partial charge in [0.1, 0.15) is 0 Å². The number of benzene rings is 2. The highest BCUT2D eigenvalue weighted by molar-refractivity contribution is 6.31. The van der Waals surface area contributed by atoms with Crippen LogP contribution in [0.15, 0.2) is 47.6 Å². The van der Waals surface area contributed by atoms with E-state index in [2.05, 4.69) is 10.5 Å². The minimum absolute atomic E-state index is 0.340. The van der Waals surface area contributed by atoms with E-state index in [0.717, 1.165) is 5.56 Å². The Hall–Kier alpha value is -2.53. The van der Waals surface area contributed by atoms with Crippen LogP contribution in [0, 0.1) is 0 Å². The van der Waals surface area contributed by atoms with Crippen molar-refractivity contribution in [3.63, 3.8) is 0 Å². The quantitative estimate of drug-likeness (QED) is 0.673. The molecule has 0 bridgehead atoms. The highest BCUT2D eigenvalue weighted by Crippen LogP contribution is 2.27. The summed E-state index contributed by atoms with van der Waals surface area (Å²) in [6.45, 7) is 1.79. The van der Waals surface area contributed by atoms with Crippen LogP contribution in [0.5, 0.6) is 11.5 Å². The molecule has 0 spiro atoms. The minimum atomic E-state index is -0.340. The summed E-state index contributed by atoms with van der Waals surface area (Å²) in [5.74, 6) is 0.700. The highest BCUT2D eigenvalue weighted by Gasteiger charge is 2.10. The van der Waals surface area contributed by atoms with Gasteiger partial charge in [-0.15, -0.1) is 0 Å². The standard InChI is InChI=1S/C17H17ClN2O3/c1-11(12-5-4-6-14(18)9-12)19-20-17(21)13-7-8-15(22-2)16(10-13)23-3/h4-10H,1-3H3,(H,20,21)/b19-11-. The SMILES string of the molecule is COc1ccc(C(=O)N/N=C(/C)c2cccc(Cl)c2)cc1OC. The lowest BCUT2D eigenvalue weighted by Crippen LogP contribution is -2.19. The van der Waals surface area contributed by atoms with E-state index < -0.39 is 0 Å². The normalized spacial score (nSPS) is 11.0. The van der Waals surface area contributed by atoms with Gasteiger partial charge in [-0.3, -0.25) is 4.79 Å². The molecule has 0 atom stereocenters. The zero-order valence-corrected chi connectivity index (χ0v) is 13.8. The molecule has 2 rings (SSSR count). The summed E-state index contributed by atoms with van der Waals surface area (Å²) in [6.07, 6.45) is 0. The van der Waals surface area contributed by atoms with Gasteiger partial charge < -0.3 is 9.47 Å². The van der Waals surface area contributed by atoms with Gasteiger partial charge in [0.05, 0.1) is 19.9 Å². The molecule has 1 N–H and O–H groups in total. The van der Waals surface area contributed by atoms with Crippen molar-refractivity contribution in [3.8, 4) is 11.5 Å². The van der Waals surface area contributed by atoms with Crippen molar-refractivity contribution >= 4 is 23.2 Å². The van der Waals surface area contributed by atoms with Crippen molar-refractivity contribution < 1.29 is 14.3 Å². The number of hydrogen-bond donors (Lipinski definition) is 1. The number of methoxy groups -OCH3 is 2. The van der Waals surface area contributed by atoms with E-state index in [0.29, 0.717) is 27.8 Å². The van der Waals surface area contributed by atoms with Gasteiger partial charge in [-0.25, -0.2) is 5.43 Å². The largest absolute Gasteiger partial charge is 0.493 e. The molecule has 23 heavy (non-hydrogen) atoms. The number of carbonyl (C=O) groups excluding carboxylic acids is 1. The van der Waals surface area contributed by atoms with Crippen LogP contribution in [-0.4, -0.2) is 25.8 Å². The summed E-state index contributed by atoms with van der Waals surface area (Å²) < 4.78 is 10.3. The average Bonchev–Trinajstić information content (AvgIpc) is 2.58. The molecule has 2 aromatic carbocycles. The van der Waals surface area contributed by atoms with Crippen LogP contribution >= 0.6 is 11.6 Å². The van der Waals surface area contributed by atoms with Gasteiger partial charge >= 0.3 is 0 Å². The van der Waals surface area contributed by atoms with Gasteiger partial charge in [-0.05, 0) is 42.8 Å². The number of nitrogens with zero attached hydrogens (tertiary/aromatic N) is 1. The smallest absolute Gasteiger partial charge is 0.271 e. The summed E-state index contributed by atoms with van der Waals surface area (Å²) in [5.41, 5.74) is 4.43. The van der Waals surface area contributed by atoms with Gasteiger partial charge in [-0.1, -0.05) is 23.7 Å². The van der Waals surface area contributed by atoms with Crippen molar-refractivity contribution in [1.29, 1.82) is 0 Å². The van der Waals surface area contributed by atoms with Crippen molar-refractivity contribution in [2.75, 3.05) is 14.2 Å². The van der Waals surface area contributed by atoms with Crippen LogP contribution in [0.4, 0.5) is 0 Å². The van der Waals surface area contributed by atoms with E-state index in [1.807, 2.05) is 12.1 Å². The second-order valence-corrected chi connectivity index (χ2v) is 5.15. The third-order valence-corrected chi connectivity index (χ3v) is 3.45. The molecule has 5 nitrogen and oxygen atoms in total. The van der Waals surface area contributed by atoms with E-state index in [-0.39, 0.29) is 5.91 Å². The first-order valence-electron chi connectivity index (χ1n) is 6.87. The Morgan fingerprint density at radius 2 is 1.78 bits per heavy atom. The van der Waals surface area contributed by atoms with Gasteiger partial charge in [-0.2, -0.15) is 5.10 Å². The summed E-state index contributed by atoms with van der Waals surface area (Å²) in [7, 11) is 3.05.